The van der Waals surface area contributed by atoms with E-state index in [2.05, 4.69) is 0 Å². The molecule has 3 aliphatic rings. The zero-order valence-corrected chi connectivity index (χ0v) is 13.0. The standard InChI is InChI=1S/C16H23NO5/c1-10(22-16(20)13-7-4-8-21-13)9-17-14(18)11-5-2-3-6-12(11)15(17)19/h10-13H,2-9H2,1H3. The third-order valence-electron chi connectivity index (χ3n) is 4.88. The largest absolute Gasteiger partial charge is 0.459 e. The van der Waals surface area contributed by atoms with E-state index < -0.39 is 12.2 Å². The number of carbonyl (C=O) groups excluding carboxylic acids is 3. The molecule has 0 aromatic carbocycles. The van der Waals surface area contributed by atoms with E-state index in [-0.39, 0.29) is 36.2 Å². The molecule has 1 saturated carbocycles. The Morgan fingerprint density at radius 1 is 1.18 bits per heavy atom. The van der Waals surface area contributed by atoms with Gasteiger partial charge in [0.1, 0.15) is 6.10 Å². The van der Waals surface area contributed by atoms with Gasteiger partial charge in [0.05, 0.1) is 18.4 Å². The highest BCUT2D eigenvalue weighted by Gasteiger charge is 2.48. The van der Waals surface area contributed by atoms with E-state index in [4.69, 9.17) is 9.47 Å². The fourth-order valence-corrected chi connectivity index (χ4v) is 3.74. The van der Waals surface area contributed by atoms with Gasteiger partial charge in [-0.3, -0.25) is 14.5 Å². The first-order valence-electron chi connectivity index (χ1n) is 8.25. The van der Waals surface area contributed by atoms with Crippen LogP contribution in [0, 0.1) is 11.8 Å². The Hall–Kier alpha value is -1.43. The van der Waals surface area contributed by atoms with Crippen LogP contribution < -0.4 is 0 Å². The average Bonchev–Trinajstić information content (AvgIpc) is 3.12. The molecule has 4 unspecified atom stereocenters. The number of rotatable bonds is 4. The number of carbonyl (C=O) groups is 3. The highest BCUT2D eigenvalue weighted by molar-refractivity contribution is 6.05. The van der Waals surface area contributed by atoms with Gasteiger partial charge in [-0.25, -0.2) is 4.79 Å². The van der Waals surface area contributed by atoms with Crippen molar-refractivity contribution in [2.24, 2.45) is 11.8 Å². The van der Waals surface area contributed by atoms with Crippen molar-refractivity contribution in [3.8, 4) is 0 Å². The third kappa shape index (κ3) is 2.89. The monoisotopic (exact) mass is 309 g/mol. The van der Waals surface area contributed by atoms with Crippen LogP contribution in [0.5, 0.6) is 0 Å². The van der Waals surface area contributed by atoms with Crippen LogP contribution >= 0.6 is 0 Å². The van der Waals surface area contributed by atoms with Gasteiger partial charge in [0, 0.05) is 6.61 Å². The highest BCUT2D eigenvalue weighted by atomic mass is 16.6. The van der Waals surface area contributed by atoms with Crippen molar-refractivity contribution < 1.29 is 23.9 Å². The number of hydrogen-bond donors (Lipinski definition) is 0. The summed E-state index contributed by atoms with van der Waals surface area (Å²) in [6, 6.07) is 0. The van der Waals surface area contributed by atoms with Crippen LogP contribution in [0.1, 0.15) is 45.4 Å². The lowest BCUT2D eigenvalue weighted by atomic mass is 9.81. The summed E-state index contributed by atoms with van der Waals surface area (Å²) in [5.74, 6) is -0.865. The molecule has 4 atom stereocenters. The van der Waals surface area contributed by atoms with Gasteiger partial charge in [-0.05, 0) is 32.6 Å². The number of imide groups is 1. The first-order chi connectivity index (χ1) is 10.6. The molecule has 0 aromatic heterocycles. The predicted octanol–water partition coefficient (Wildman–Crippen LogP) is 1.27. The Morgan fingerprint density at radius 3 is 2.36 bits per heavy atom. The molecule has 2 amide bonds. The second-order valence-corrected chi connectivity index (χ2v) is 6.53. The fraction of sp³-hybridized carbons (Fsp3) is 0.812. The Kier molecular flexibility index (Phi) is 4.47. The minimum Gasteiger partial charge on any atom is -0.459 e. The molecular weight excluding hydrogens is 286 g/mol. The van der Waals surface area contributed by atoms with Crippen molar-refractivity contribution in [2.45, 2.75) is 57.7 Å². The molecule has 6 heteroatoms. The molecule has 0 bridgehead atoms. The van der Waals surface area contributed by atoms with Crippen LogP contribution in [-0.2, 0) is 23.9 Å². The van der Waals surface area contributed by atoms with Crippen molar-refractivity contribution in [2.75, 3.05) is 13.2 Å². The normalized spacial score (nSPS) is 33.0. The predicted molar refractivity (Wildman–Crippen MR) is 76.7 cm³/mol. The number of fused-ring (bicyclic) bond motifs is 1. The number of hydrogen-bond acceptors (Lipinski definition) is 5. The van der Waals surface area contributed by atoms with Crippen LogP contribution in [0.2, 0.25) is 0 Å². The van der Waals surface area contributed by atoms with Crippen molar-refractivity contribution >= 4 is 17.8 Å². The van der Waals surface area contributed by atoms with Crippen LogP contribution in [-0.4, -0.2) is 48.0 Å². The van der Waals surface area contributed by atoms with Gasteiger partial charge in [0.2, 0.25) is 11.8 Å². The maximum Gasteiger partial charge on any atom is 0.335 e. The second kappa shape index (κ2) is 6.36. The maximum absolute atomic E-state index is 12.4. The topological polar surface area (TPSA) is 72.9 Å². The smallest absolute Gasteiger partial charge is 0.335 e. The number of esters is 1. The summed E-state index contributed by atoms with van der Waals surface area (Å²) < 4.78 is 10.6. The number of ether oxygens (including phenoxy) is 2. The number of amides is 2. The molecule has 22 heavy (non-hydrogen) atoms. The van der Waals surface area contributed by atoms with Gasteiger partial charge in [-0.15, -0.1) is 0 Å². The summed E-state index contributed by atoms with van der Waals surface area (Å²) in [5, 5.41) is 0. The SMILES string of the molecule is CC(CN1C(=O)C2CCCCC2C1=O)OC(=O)C1CCCO1. The lowest BCUT2D eigenvalue weighted by molar-refractivity contribution is -0.162. The second-order valence-electron chi connectivity index (χ2n) is 6.53. The maximum atomic E-state index is 12.4. The van der Waals surface area contributed by atoms with E-state index in [1.165, 1.54) is 4.90 Å². The highest BCUT2D eigenvalue weighted by Crippen LogP contribution is 2.38. The van der Waals surface area contributed by atoms with Crippen LogP contribution in [0.15, 0.2) is 0 Å². The molecule has 0 spiro atoms. The summed E-state index contributed by atoms with van der Waals surface area (Å²) >= 11 is 0. The van der Waals surface area contributed by atoms with Gasteiger partial charge in [-0.1, -0.05) is 12.8 Å². The van der Waals surface area contributed by atoms with E-state index in [1.807, 2.05) is 0 Å². The van der Waals surface area contributed by atoms with Crippen molar-refractivity contribution in [1.29, 1.82) is 0 Å². The zero-order valence-electron chi connectivity index (χ0n) is 13.0. The van der Waals surface area contributed by atoms with E-state index in [9.17, 15) is 14.4 Å². The van der Waals surface area contributed by atoms with Gasteiger partial charge < -0.3 is 9.47 Å². The van der Waals surface area contributed by atoms with Gasteiger partial charge >= 0.3 is 5.97 Å². The summed E-state index contributed by atoms with van der Waals surface area (Å²) in [7, 11) is 0. The van der Waals surface area contributed by atoms with Crippen LogP contribution in [0.4, 0.5) is 0 Å². The van der Waals surface area contributed by atoms with E-state index in [0.29, 0.717) is 13.0 Å². The van der Waals surface area contributed by atoms with E-state index >= 15 is 0 Å². The van der Waals surface area contributed by atoms with Gasteiger partial charge in [0.25, 0.3) is 0 Å². The zero-order chi connectivity index (χ0) is 15.7. The Bertz CT molecular complexity index is 447. The molecule has 2 saturated heterocycles. The minimum absolute atomic E-state index is 0.0882. The van der Waals surface area contributed by atoms with Crippen LogP contribution in [0.25, 0.3) is 0 Å². The van der Waals surface area contributed by atoms with Gasteiger partial charge in [-0.2, -0.15) is 0 Å². The summed E-state index contributed by atoms with van der Waals surface area (Å²) in [5.41, 5.74) is 0. The first kappa shape index (κ1) is 15.5. The Balaban J connectivity index is 1.56. The molecule has 0 N–H and O–H groups in total. The molecule has 1 aliphatic carbocycles. The summed E-state index contributed by atoms with van der Waals surface area (Å²) in [4.78, 5) is 37.9. The Labute approximate surface area is 130 Å². The van der Waals surface area contributed by atoms with E-state index in [1.54, 1.807) is 6.92 Å². The van der Waals surface area contributed by atoms with Crippen molar-refractivity contribution in [3.63, 3.8) is 0 Å². The molecular formula is C16H23NO5. The lowest BCUT2D eigenvalue weighted by Gasteiger charge is -2.21. The fourth-order valence-electron chi connectivity index (χ4n) is 3.74. The third-order valence-corrected chi connectivity index (χ3v) is 4.88. The molecule has 0 radical (unpaired) electrons. The summed E-state index contributed by atoms with van der Waals surface area (Å²) in [6.07, 6.45) is 4.18. The molecule has 3 fully saturated rings. The lowest BCUT2D eigenvalue weighted by Crippen LogP contribution is -2.39. The number of nitrogens with zero attached hydrogens (tertiary/aromatic N) is 1. The molecule has 122 valence electrons. The van der Waals surface area contributed by atoms with Crippen molar-refractivity contribution in [1.82, 2.24) is 4.90 Å². The average molecular weight is 309 g/mol. The van der Waals surface area contributed by atoms with Crippen LogP contribution in [0.3, 0.4) is 0 Å². The van der Waals surface area contributed by atoms with E-state index in [0.717, 1.165) is 32.1 Å². The molecule has 2 aliphatic heterocycles. The number of likely N-dealkylation sites (tertiary alicyclic amines) is 1. The molecule has 0 aromatic rings. The van der Waals surface area contributed by atoms with Gasteiger partial charge in [0.15, 0.2) is 6.10 Å². The Morgan fingerprint density at radius 2 is 1.82 bits per heavy atom. The minimum atomic E-state index is -0.496. The molecule has 2 heterocycles. The first-order valence-corrected chi connectivity index (χ1v) is 8.25. The molecule has 3 rings (SSSR count). The van der Waals surface area contributed by atoms with Crippen molar-refractivity contribution in [3.05, 3.63) is 0 Å². The molecule has 6 nitrogen and oxygen atoms in total. The quantitative estimate of drug-likeness (QED) is 0.577. The summed E-state index contributed by atoms with van der Waals surface area (Å²) in [6.45, 7) is 2.46.